The predicted molar refractivity (Wildman–Crippen MR) is 187 cm³/mol. The minimum atomic E-state index is -4.07. The van der Waals surface area contributed by atoms with Gasteiger partial charge in [0.25, 0.3) is 5.91 Å². The molecule has 3 aromatic rings. The van der Waals surface area contributed by atoms with Crippen LogP contribution in [0.15, 0.2) is 45.7 Å². The molecular weight excluding hydrogens is 623 g/mol. The average molecular weight is 674 g/mol. The van der Waals surface area contributed by atoms with Crippen LogP contribution in [0.25, 0.3) is 21.9 Å². The van der Waals surface area contributed by atoms with Gasteiger partial charge in [0, 0.05) is 46.0 Å². The smallest absolute Gasteiger partial charge is 0.263 e. The number of amides is 2. The Morgan fingerprint density at radius 2 is 1.52 bits per heavy atom. The van der Waals surface area contributed by atoms with Crippen LogP contribution in [0.4, 0.5) is 5.69 Å². The number of benzene rings is 2. The van der Waals surface area contributed by atoms with E-state index in [1.807, 2.05) is 6.07 Å². The highest BCUT2D eigenvalue weighted by atomic mass is 32.2. The zero-order valence-electron chi connectivity index (χ0n) is 27.6. The molecule has 1 aliphatic rings. The molecule has 1 atom stereocenters. The van der Waals surface area contributed by atoms with E-state index in [0.29, 0.717) is 34.4 Å². The van der Waals surface area contributed by atoms with E-state index in [4.69, 9.17) is 4.42 Å². The molecule has 1 fully saturated rings. The van der Waals surface area contributed by atoms with Gasteiger partial charge in [-0.1, -0.05) is 84.0 Å². The summed E-state index contributed by atoms with van der Waals surface area (Å²) in [5.41, 5.74) is 3.33. The molecule has 0 aliphatic carbocycles. The second-order valence-electron chi connectivity index (χ2n) is 13.0. The van der Waals surface area contributed by atoms with Crippen LogP contribution < -0.4 is 10.8 Å². The normalized spacial score (nSPS) is 17.0. The quantitative estimate of drug-likeness (QED) is 0.0703. The van der Waals surface area contributed by atoms with Crippen molar-refractivity contribution in [2.75, 3.05) is 17.6 Å². The van der Waals surface area contributed by atoms with Crippen LogP contribution in [0.3, 0.4) is 0 Å². The molecule has 2 amide bonds. The summed E-state index contributed by atoms with van der Waals surface area (Å²) in [5, 5.41) is 13.7. The number of anilines is 1. The third-order valence-electron chi connectivity index (χ3n) is 8.93. The second kappa shape index (κ2) is 17.0. The van der Waals surface area contributed by atoms with E-state index in [9.17, 15) is 23.2 Å². The monoisotopic (exact) mass is 673 g/mol. The second-order valence-corrected chi connectivity index (χ2v) is 16.6. The summed E-state index contributed by atoms with van der Waals surface area (Å²) < 4.78 is 34.0. The summed E-state index contributed by atoms with van der Waals surface area (Å²) in [7, 11) is -4.07. The molecule has 0 radical (unpaired) electrons. The Hall–Kier alpha value is -2.60. The molecule has 1 aliphatic heterocycles. The number of carbonyl (C=O) groups is 2. The van der Waals surface area contributed by atoms with Crippen molar-refractivity contribution in [3.63, 3.8) is 0 Å². The number of hydrogen-bond acceptors (Lipinski definition) is 7. The highest BCUT2D eigenvalue weighted by Crippen LogP contribution is 2.39. The lowest BCUT2D eigenvalue weighted by molar-refractivity contribution is -0.134. The first-order valence-corrected chi connectivity index (χ1v) is 19.4. The lowest BCUT2D eigenvalue weighted by Crippen LogP contribution is -2.61. The third-order valence-corrected chi connectivity index (χ3v) is 12.1. The van der Waals surface area contributed by atoms with Gasteiger partial charge in [-0.2, -0.15) is 16.1 Å². The number of hydrogen-bond donors (Lipinski definition) is 3. The molecule has 11 heteroatoms. The SMILES string of the molecule is CCCCCCCCCCCCCCCC(=O)Nc1ccc2c(c1)oc1ccc(S(=O)(=O)N3CCSC(C)(C)C3C(=O)NO)cc12. The molecule has 3 N–H and O–H groups in total. The molecule has 1 saturated heterocycles. The van der Waals surface area contributed by atoms with E-state index in [1.165, 1.54) is 86.3 Å². The number of unbranched alkanes of at least 4 members (excludes halogenated alkanes) is 12. The standard InChI is InChI=1S/C35H51N3O6S2/c1-4-5-6-7-8-9-10-11-12-13-14-15-16-17-32(39)36-26-18-20-28-29-25-27(19-21-30(29)44-31(28)24-26)46(42,43)38-22-23-45-35(2,3)33(38)34(40)37-41/h18-21,24-25,33,41H,4-17,22-23H2,1-3H3,(H,36,39)(H,37,40). The summed E-state index contributed by atoms with van der Waals surface area (Å²) in [5.74, 6) is -0.276. The van der Waals surface area contributed by atoms with Crippen molar-refractivity contribution < 1.29 is 27.6 Å². The molecule has 46 heavy (non-hydrogen) atoms. The maximum absolute atomic E-state index is 13.8. The zero-order valence-corrected chi connectivity index (χ0v) is 29.2. The van der Waals surface area contributed by atoms with Gasteiger partial charge in [0.05, 0.1) is 4.90 Å². The van der Waals surface area contributed by atoms with Crippen LogP contribution in [0.5, 0.6) is 0 Å². The summed E-state index contributed by atoms with van der Waals surface area (Å²) in [6.45, 7) is 5.98. The van der Waals surface area contributed by atoms with Gasteiger partial charge < -0.3 is 9.73 Å². The van der Waals surface area contributed by atoms with Crippen molar-refractivity contribution in [3.05, 3.63) is 36.4 Å². The van der Waals surface area contributed by atoms with E-state index in [-0.39, 0.29) is 17.3 Å². The predicted octanol–water partition coefficient (Wildman–Crippen LogP) is 8.40. The van der Waals surface area contributed by atoms with Crippen molar-refractivity contribution in [2.45, 2.75) is 126 Å². The molecule has 0 spiro atoms. The van der Waals surface area contributed by atoms with Crippen molar-refractivity contribution in [1.29, 1.82) is 0 Å². The van der Waals surface area contributed by atoms with Crippen LogP contribution in [0.2, 0.25) is 0 Å². The number of rotatable bonds is 18. The van der Waals surface area contributed by atoms with E-state index in [2.05, 4.69) is 12.2 Å². The van der Waals surface area contributed by atoms with Crippen LogP contribution in [0.1, 0.15) is 111 Å². The van der Waals surface area contributed by atoms with Crippen molar-refractivity contribution in [2.24, 2.45) is 0 Å². The van der Waals surface area contributed by atoms with E-state index >= 15 is 0 Å². The van der Waals surface area contributed by atoms with Gasteiger partial charge >= 0.3 is 0 Å². The fourth-order valence-corrected chi connectivity index (χ4v) is 9.51. The maximum Gasteiger partial charge on any atom is 0.263 e. The van der Waals surface area contributed by atoms with Crippen LogP contribution in [-0.2, 0) is 19.6 Å². The number of fused-ring (bicyclic) bond motifs is 3. The van der Waals surface area contributed by atoms with Gasteiger partial charge in [0.1, 0.15) is 17.2 Å². The Bertz CT molecular complexity index is 1570. The Kier molecular flexibility index (Phi) is 13.4. The highest BCUT2D eigenvalue weighted by molar-refractivity contribution is 8.01. The molecule has 4 rings (SSSR count). The third kappa shape index (κ3) is 9.27. The van der Waals surface area contributed by atoms with E-state index < -0.39 is 26.7 Å². The Labute approximate surface area is 278 Å². The van der Waals surface area contributed by atoms with Crippen LogP contribution >= 0.6 is 11.8 Å². The molecule has 1 aromatic heterocycles. The molecule has 0 saturated carbocycles. The fourth-order valence-electron chi connectivity index (χ4n) is 6.38. The van der Waals surface area contributed by atoms with Crippen molar-refractivity contribution in [1.82, 2.24) is 9.79 Å². The number of furan rings is 1. The maximum atomic E-state index is 13.8. The number of carbonyl (C=O) groups excluding carboxylic acids is 2. The largest absolute Gasteiger partial charge is 0.456 e. The number of nitrogens with one attached hydrogen (secondary N) is 2. The number of sulfonamides is 1. The summed E-state index contributed by atoms with van der Waals surface area (Å²) in [6.07, 6.45) is 16.9. The van der Waals surface area contributed by atoms with E-state index in [1.54, 1.807) is 43.6 Å². The topological polar surface area (TPSA) is 129 Å². The molecular formula is C35H51N3O6S2. The van der Waals surface area contributed by atoms with Gasteiger partial charge in [0.2, 0.25) is 15.9 Å². The summed E-state index contributed by atoms with van der Waals surface area (Å²) in [4.78, 5) is 25.2. The lowest BCUT2D eigenvalue weighted by Gasteiger charge is -2.43. The van der Waals surface area contributed by atoms with Gasteiger partial charge in [-0.3, -0.25) is 14.8 Å². The first-order valence-electron chi connectivity index (χ1n) is 16.9. The van der Waals surface area contributed by atoms with Crippen LogP contribution in [0, 0.1) is 0 Å². The zero-order chi connectivity index (χ0) is 33.2. The molecule has 2 heterocycles. The van der Waals surface area contributed by atoms with Gasteiger partial charge in [0.15, 0.2) is 0 Å². The van der Waals surface area contributed by atoms with E-state index in [0.717, 1.165) is 24.6 Å². The number of hydroxylamine groups is 1. The van der Waals surface area contributed by atoms with Gasteiger partial charge in [-0.15, -0.1) is 0 Å². The number of thioether (sulfide) groups is 1. The average Bonchev–Trinajstić information content (AvgIpc) is 3.39. The first-order chi connectivity index (χ1) is 22.1. The summed E-state index contributed by atoms with van der Waals surface area (Å²) >= 11 is 1.49. The molecule has 1 unspecified atom stereocenters. The Balaban J connectivity index is 1.29. The highest BCUT2D eigenvalue weighted by Gasteiger charge is 2.48. The minimum Gasteiger partial charge on any atom is -0.456 e. The number of nitrogens with zero attached hydrogens (tertiary/aromatic N) is 1. The lowest BCUT2D eigenvalue weighted by atomic mass is 10.0. The summed E-state index contributed by atoms with van der Waals surface area (Å²) in [6, 6.07) is 8.95. The molecule has 0 bridgehead atoms. The van der Waals surface area contributed by atoms with Crippen molar-refractivity contribution in [3.8, 4) is 0 Å². The molecule has 9 nitrogen and oxygen atoms in total. The minimum absolute atomic E-state index is 0.0315. The van der Waals surface area contributed by atoms with Gasteiger partial charge in [-0.25, -0.2) is 13.9 Å². The Morgan fingerprint density at radius 3 is 2.15 bits per heavy atom. The van der Waals surface area contributed by atoms with Crippen LogP contribution in [-0.4, -0.2) is 52.8 Å². The van der Waals surface area contributed by atoms with Gasteiger partial charge in [-0.05, 0) is 50.6 Å². The van der Waals surface area contributed by atoms with Crippen molar-refractivity contribution >= 4 is 61.2 Å². The fraction of sp³-hybridized carbons (Fsp3) is 0.600. The molecule has 254 valence electrons. The Morgan fingerprint density at radius 1 is 0.891 bits per heavy atom. The first kappa shape index (κ1) is 36.2. The molecule has 2 aromatic carbocycles.